The summed E-state index contributed by atoms with van der Waals surface area (Å²) in [4.78, 5) is 24.1. The second kappa shape index (κ2) is 10.5. The van der Waals surface area contributed by atoms with E-state index < -0.39 is 15.0 Å². The van der Waals surface area contributed by atoms with Crippen LogP contribution in [-0.4, -0.2) is 27.4 Å². The molecule has 1 radical (unpaired) electrons. The van der Waals surface area contributed by atoms with Crippen LogP contribution in [0, 0.1) is 5.41 Å². The molecular formula is C27H29O4Si. The number of hydrogen-bond acceptors (Lipinski definition) is 4. The molecule has 1 unspecified atom stereocenters. The summed E-state index contributed by atoms with van der Waals surface area (Å²) in [6.45, 7) is 7.46. The molecule has 0 saturated carbocycles. The minimum atomic E-state index is -1.60. The fourth-order valence-electron chi connectivity index (χ4n) is 3.46. The summed E-state index contributed by atoms with van der Waals surface area (Å²) in [7, 11) is -1.60. The van der Waals surface area contributed by atoms with Crippen LogP contribution < -0.4 is 10.4 Å². The number of ether oxygens (including phenoxy) is 1. The minimum Gasteiger partial charge on any atom is -0.454 e. The van der Waals surface area contributed by atoms with Crippen molar-refractivity contribution in [2.75, 3.05) is 6.61 Å². The highest BCUT2D eigenvalue weighted by Gasteiger charge is 2.35. The SMILES string of the molecule is CC(=O)COC(=O)c1ccccc1C(O[Si](c1ccccc1)c1ccccc1)C(C)(C)C. The monoisotopic (exact) mass is 445 g/mol. The summed E-state index contributed by atoms with van der Waals surface area (Å²) in [5.74, 6) is -0.708. The van der Waals surface area contributed by atoms with E-state index in [0.29, 0.717) is 5.56 Å². The second-order valence-corrected chi connectivity index (χ2v) is 10.8. The molecule has 0 fully saturated rings. The number of esters is 1. The highest BCUT2D eigenvalue weighted by atomic mass is 28.3. The molecule has 3 aromatic carbocycles. The van der Waals surface area contributed by atoms with Gasteiger partial charge in [-0.1, -0.05) is 99.6 Å². The van der Waals surface area contributed by atoms with E-state index in [1.807, 2.05) is 48.5 Å². The Hall–Kier alpha value is -3.02. The van der Waals surface area contributed by atoms with Gasteiger partial charge in [-0.3, -0.25) is 4.79 Å². The van der Waals surface area contributed by atoms with E-state index in [9.17, 15) is 9.59 Å². The Morgan fingerprint density at radius 1 is 0.812 bits per heavy atom. The van der Waals surface area contributed by atoms with Gasteiger partial charge >= 0.3 is 5.97 Å². The Labute approximate surface area is 191 Å². The lowest BCUT2D eigenvalue weighted by atomic mass is 9.83. The zero-order valence-electron chi connectivity index (χ0n) is 19.0. The first kappa shape index (κ1) is 23.6. The van der Waals surface area contributed by atoms with E-state index in [1.54, 1.807) is 12.1 Å². The van der Waals surface area contributed by atoms with Crippen LogP contribution in [0.1, 0.15) is 49.7 Å². The summed E-state index contributed by atoms with van der Waals surface area (Å²) < 4.78 is 12.1. The van der Waals surface area contributed by atoms with Crippen molar-refractivity contribution >= 4 is 31.2 Å². The van der Waals surface area contributed by atoms with Crippen LogP contribution >= 0.6 is 0 Å². The van der Waals surface area contributed by atoms with Gasteiger partial charge in [0.25, 0.3) is 9.04 Å². The highest BCUT2D eigenvalue weighted by Crippen LogP contribution is 2.38. The Morgan fingerprint density at radius 3 is 1.81 bits per heavy atom. The van der Waals surface area contributed by atoms with Crippen LogP contribution in [0.25, 0.3) is 0 Å². The first-order valence-corrected chi connectivity index (χ1v) is 12.1. The summed E-state index contributed by atoms with van der Waals surface area (Å²) >= 11 is 0. The Balaban J connectivity index is 2.04. The second-order valence-electron chi connectivity index (χ2n) is 8.79. The Kier molecular flexibility index (Phi) is 7.78. The zero-order chi connectivity index (χ0) is 23.1. The summed E-state index contributed by atoms with van der Waals surface area (Å²) in [6, 6.07) is 27.8. The van der Waals surface area contributed by atoms with Crippen molar-refractivity contribution in [3.8, 4) is 0 Å². The van der Waals surface area contributed by atoms with E-state index in [-0.39, 0.29) is 23.9 Å². The number of carbonyl (C=O) groups excluding carboxylic acids is 2. The molecule has 4 nitrogen and oxygen atoms in total. The van der Waals surface area contributed by atoms with Crippen LogP contribution in [0.2, 0.25) is 0 Å². The van der Waals surface area contributed by atoms with Gasteiger partial charge in [0.1, 0.15) is 6.61 Å². The van der Waals surface area contributed by atoms with Gasteiger partial charge in [-0.05, 0) is 34.3 Å². The molecule has 32 heavy (non-hydrogen) atoms. The molecule has 0 bridgehead atoms. The average Bonchev–Trinajstić information content (AvgIpc) is 2.78. The smallest absolute Gasteiger partial charge is 0.338 e. The zero-order valence-corrected chi connectivity index (χ0v) is 20.0. The quantitative estimate of drug-likeness (QED) is 0.382. The number of ketones is 1. The normalized spacial score (nSPS) is 12.4. The lowest BCUT2D eigenvalue weighted by molar-refractivity contribution is -0.120. The largest absolute Gasteiger partial charge is 0.454 e. The number of rotatable bonds is 8. The summed E-state index contributed by atoms with van der Waals surface area (Å²) in [5.41, 5.74) is 0.898. The van der Waals surface area contributed by atoms with Crippen molar-refractivity contribution in [2.24, 2.45) is 5.41 Å². The van der Waals surface area contributed by atoms with Gasteiger partial charge in [0.15, 0.2) is 5.78 Å². The van der Waals surface area contributed by atoms with Crippen LogP contribution in [0.3, 0.4) is 0 Å². The highest BCUT2D eigenvalue weighted by molar-refractivity contribution is 6.80. The minimum absolute atomic E-state index is 0.196. The molecule has 0 N–H and O–H groups in total. The van der Waals surface area contributed by atoms with Gasteiger partial charge < -0.3 is 9.16 Å². The van der Waals surface area contributed by atoms with Crippen molar-refractivity contribution in [3.63, 3.8) is 0 Å². The number of benzene rings is 3. The molecule has 0 aliphatic carbocycles. The molecule has 5 heteroatoms. The van der Waals surface area contributed by atoms with Crippen molar-refractivity contribution in [3.05, 3.63) is 96.1 Å². The van der Waals surface area contributed by atoms with E-state index in [1.165, 1.54) is 6.92 Å². The van der Waals surface area contributed by atoms with Gasteiger partial charge in [-0.25, -0.2) is 4.79 Å². The van der Waals surface area contributed by atoms with Crippen LogP contribution in [-0.2, 0) is 14.0 Å². The lowest BCUT2D eigenvalue weighted by Crippen LogP contribution is -2.47. The number of Topliss-reactive ketones (excluding diaryl/α,β-unsaturated/α-hetero) is 1. The molecule has 1 atom stereocenters. The van der Waals surface area contributed by atoms with Crippen molar-refractivity contribution in [1.82, 2.24) is 0 Å². The molecular weight excluding hydrogens is 416 g/mol. The molecule has 3 rings (SSSR count). The van der Waals surface area contributed by atoms with Gasteiger partial charge in [-0.2, -0.15) is 0 Å². The van der Waals surface area contributed by atoms with Gasteiger partial charge in [-0.15, -0.1) is 0 Å². The molecule has 165 valence electrons. The molecule has 0 aliphatic heterocycles. The molecule has 0 aromatic heterocycles. The maximum atomic E-state index is 12.8. The third-order valence-electron chi connectivity index (χ3n) is 4.96. The lowest BCUT2D eigenvalue weighted by Gasteiger charge is -2.35. The topological polar surface area (TPSA) is 52.6 Å². The molecule has 0 amide bonds. The van der Waals surface area contributed by atoms with E-state index in [4.69, 9.17) is 9.16 Å². The first-order valence-electron chi connectivity index (χ1n) is 10.7. The number of hydrogen-bond donors (Lipinski definition) is 0. The predicted molar refractivity (Wildman–Crippen MR) is 129 cm³/mol. The third-order valence-corrected chi connectivity index (χ3v) is 7.15. The van der Waals surface area contributed by atoms with E-state index >= 15 is 0 Å². The molecule has 0 heterocycles. The fourth-order valence-corrected chi connectivity index (χ4v) is 5.78. The Bertz CT molecular complexity index is 1000. The fraction of sp³-hybridized carbons (Fsp3) is 0.259. The molecule has 0 saturated heterocycles. The van der Waals surface area contributed by atoms with Gasteiger partial charge in [0.2, 0.25) is 0 Å². The maximum absolute atomic E-state index is 12.8. The van der Waals surface area contributed by atoms with Crippen LogP contribution in [0.5, 0.6) is 0 Å². The third kappa shape index (κ3) is 6.02. The van der Waals surface area contributed by atoms with E-state index in [2.05, 4.69) is 45.0 Å². The van der Waals surface area contributed by atoms with Crippen molar-refractivity contribution in [1.29, 1.82) is 0 Å². The standard InChI is InChI=1S/C27H29O4Si/c1-20(28)19-30-26(29)24-18-12-11-17-23(24)25(27(2,3)4)31-32(21-13-7-5-8-14-21)22-15-9-6-10-16-22/h5-18,25H,19H2,1-4H3. The molecule has 0 aliphatic rings. The van der Waals surface area contributed by atoms with E-state index in [0.717, 1.165) is 15.9 Å². The van der Waals surface area contributed by atoms with Crippen molar-refractivity contribution < 1.29 is 18.8 Å². The predicted octanol–water partition coefficient (Wildman–Crippen LogP) is 4.34. The Morgan fingerprint density at radius 2 is 1.31 bits per heavy atom. The van der Waals surface area contributed by atoms with Gasteiger partial charge in [0.05, 0.1) is 11.7 Å². The summed E-state index contributed by atoms with van der Waals surface area (Å²) in [6.07, 6.45) is -0.363. The van der Waals surface area contributed by atoms with Crippen LogP contribution in [0.15, 0.2) is 84.9 Å². The van der Waals surface area contributed by atoms with Gasteiger partial charge in [0, 0.05) is 0 Å². The number of carbonyl (C=O) groups is 2. The maximum Gasteiger partial charge on any atom is 0.338 e. The molecule has 3 aromatic rings. The first-order chi connectivity index (χ1) is 15.3. The van der Waals surface area contributed by atoms with Crippen LogP contribution in [0.4, 0.5) is 0 Å². The summed E-state index contributed by atoms with van der Waals surface area (Å²) in [5, 5.41) is 2.27. The van der Waals surface area contributed by atoms with Crippen molar-refractivity contribution in [2.45, 2.75) is 33.8 Å². The molecule has 0 spiro atoms. The average molecular weight is 446 g/mol.